The summed E-state index contributed by atoms with van der Waals surface area (Å²) in [6.45, 7) is 6.32. The largest absolute Gasteiger partial charge is 0.466 e. The van der Waals surface area contributed by atoms with Gasteiger partial charge in [0.2, 0.25) is 0 Å². The number of ether oxygens (including phenoxy) is 1. The molecule has 7 nitrogen and oxygen atoms in total. The van der Waals surface area contributed by atoms with Crippen molar-refractivity contribution in [2.45, 2.75) is 39.8 Å². The third kappa shape index (κ3) is 5.08. The summed E-state index contributed by atoms with van der Waals surface area (Å²) in [5.41, 5.74) is 3.74. The van der Waals surface area contributed by atoms with Gasteiger partial charge in [-0.05, 0) is 26.3 Å². The second-order valence-electron chi connectivity index (χ2n) is 6.07. The first-order valence-electron chi connectivity index (χ1n) is 8.66. The Morgan fingerprint density at radius 3 is 2.50 bits per heavy atom. The SMILES string of the molecule is CCOC(=O)C[C@H](NC(=O)NCc1c(C)nn(C)c1C)c1ccccc1. The van der Waals surface area contributed by atoms with Crippen LogP contribution in [0.5, 0.6) is 0 Å². The highest BCUT2D eigenvalue weighted by molar-refractivity contribution is 5.76. The van der Waals surface area contributed by atoms with Crippen LogP contribution in [-0.2, 0) is 23.1 Å². The normalized spacial score (nSPS) is 11.7. The minimum atomic E-state index is -0.452. The lowest BCUT2D eigenvalue weighted by Crippen LogP contribution is -2.38. The van der Waals surface area contributed by atoms with E-state index in [4.69, 9.17) is 4.74 Å². The lowest BCUT2D eigenvalue weighted by molar-refractivity contribution is -0.143. The number of aromatic nitrogens is 2. The first-order chi connectivity index (χ1) is 12.4. The Morgan fingerprint density at radius 2 is 1.92 bits per heavy atom. The molecular weight excluding hydrogens is 332 g/mol. The number of nitrogens with one attached hydrogen (secondary N) is 2. The molecule has 0 unspecified atom stereocenters. The van der Waals surface area contributed by atoms with E-state index < -0.39 is 6.04 Å². The predicted molar refractivity (Wildman–Crippen MR) is 98.5 cm³/mol. The topological polar surface area (TPSA) is 85.2 Å². The van der Waals surface area contributed by atoms with E-state index >= 15 is 0 Å². The summed E-state index contributed by atoms with van der Waals surface area (Å²) in [6, 6.07) is 8.58. The monoisotopic (exact) mass is 358 g/mol. The highest BCUT2D eigenvalue weighted by Gasteiger charge is 2.19. The Bertz CT molecular complexity index is 756. The van der Waals surface area contributed by atoms with Crippen molar-refractivity contribution in [1.82, 2.24) is 20.4 Å². The molecule has 2 rings (SSSR count). The van der Waals surface area contributed by atoms with Crippen LogP contribution in [0.3, 0.4) is 0 Å². The molecule has 0 saturated heterocycles. The van der Waals surface area contributed by atoms with Crippen LogP contribution in [-0.4, -0.2) is 28.4 Å². The fraction of sp³-hybridized carbons (Fsp3) is 0.421. The quantitative estimate of drug-likeness (QED) is 0.745. The molecule has 7 heteroatoms. The summed E-state index contributed by atoms with van der Waals surface area (Å²) >= 11 is 0. The van der Waals surface area contributed by atoms with Gasteiger partial charge in [0.25, 0.3) is 0 Å². The molecule has 0 bridgehead atoms. The minimum absolute atomic E-state index is 0.0796. The molecule has 0 aliphatic carbocycles. The van der Waals surface area contributed by atoms with Gasteiger partial charge in [0.1, 0.15) is 0 Å². The molecule has 0 fully saturated rings. The van der Waals surface area contributed by atoms with Crippen molar-refractivity contribution in [1.29, 1.82) is 0 Å². The average molecular weight is 358 g/mol. The first-order valence-corrected chi connectivity index (χ1v) is 8.66. The average Bonchev–Trinajstić information content (AvgIpc) is 2.85. The van der Waals surface area contributed by atoms with Crippen LogP contribution >= 0.6 is 0 Å². The van der Waals surface area contributed by atoms with Crippen LogP contribution in [0.4, 0.5) is 4.79 Å². The number of benzene rings is 1. The van der Waals surface area contributed by atoms with Crippen molar-refractivity contribution >= 4 is 12.0 Å². The first kappa shape index (κ1) is 19.5. The van der Waals surface area contributed by atoms with E-state index in [1.165, 1.54) is 0 Å². The van der Waals surface area contributed by atoms with Crippen molar-refractivity contribution in [2.24, 2.45) is 7.05 Å². The van der Waals surface area contributed by atoms with Crippen LogP contribution in [0.25, 0.3) is 0 Å². The van der Waals surface area contributed by atoms with Gasteiger partial charge in [-0.15, -0.1) is 0 Å². The lowest BCUT2D eigenvalue weighted by atomic mass is 10.0. The van der Waals surface area contributed by atoms with Gasteiger partial charge in [0.15, 0.2) is 0 Å². The maximum Gasteiger partial charge on any atom is 0.315 e. The number of urea groups is 1. The van der Waals surface area contributed by atoms with E-state index in [9.17, 15) is 9.59 Å². The number of rotatable bonds is 7. The number of amides is 2. The fourth-order valence-electron chi connectivity index (χ4n) is 2.78. The minimum Gasteiger partial charge on any atom is -0.466 e. The standard InChI is InChI=1S/C19H26N4O3/c1-5-26-18(24)11-17(15-9-7-6-8-10-15)21-19(25)20-12-16-13(2)22-23(4)14(16)3/h6-10,17H,5,11-12H2,1-4H3,(H2,20,21,25)/t17-/m0/s1. The van der Waals surface area contributed by atoms with Gasteiger partial charge < -0.3 is 15.4 Å². The van der Waals surface area contributed by atoms with E-state index in [1.54, 1.807) is 11.6 Å². The van der Waals surface area contributed by atoms with Crippen molar-refractivity contribution in [3.63, 3.8) is 0 Å². The van der Waals surface area contributed by atoms with E-state index in [0.717, 1.165) is 22.5 Å². The van der Waals surface area contributed by atoms with Crippen molar-refractivity contribution in [3.8, 4) is 0 Å². The molecule has 2 amide bonds. The molecule has 0 aliphatic heterocycles. The Morgan fingerprint density at radius 1 is 1.23 bits per heavy atom. The Kier molecular flexibility index (Phi) is 6.77. The molecule has 0 aliphatic rings. The molecule has 26 heavy (non-hydrogen) atoms. The number of aryl methyl sites for hydroxylation is 2. The molecule has 0 spiro atoms. The Hall–Kier alpha value is -2.83. The van der Waals surface area contributed by atoms with Gasteiger partial charge >= 0.3 is 12.0 Å². The molecule has 0 saturated carbocycles. The molecular formula is C19H26N4O3. The van der Waals surface area contributed by atoms with Crippen LogP contribution in [0.2, 0.25) is 0 Å². The molecule has 1 heterocycles. The van der Waals surface area contributed by atoms with Gasteiger partial charge in [0, 0.05) is 24.8 Å². The van der Waals surface area contributed by atoms with Gasteiger partial charge in [0.05, 0.1) is 24.8 Å². The zero-order valence-electron chi connectivity index (χ0n) is 15.7. The third-order valence-corrected chi connectivity index (χ3v) is 4.27. The molecule has 1 atom stereocenters. The van der Waals surface area contributed by atoms with Crippen LogP contribution in [0, 0.1) is 13.8 Å². The number of nitrogens with zero attached hydrogens (tertiary/aromatic N) is 2. The van der Waals surface area contributed by atoms with E-state index in [-0.39, 0.29) is 18.4 Å². The second kappa shape index (κ2) is 9.03. The zero-order valence-corrected chi connectivity index (χ0v) is 15.7. The molecule has 2 N–H and O–H groups in total. The number of esters is 1. The smallest absolute Gasteiger partial charge is 0.315 e. The van der Waals surface area contributed by atoms with Gasteiger partial charge in [-0.2, -0.15) is 5.10 Å². The molecule has 1 aromatic carbocycles. The Labute approximate surface area is 153 Å². The number of carbonyl (C=O) groups excluding carboxylic acids is 2. The van der Waals surface area contributed by atoms with Crippen molar-refractivity contribution in [2.75, 3.05) is 6.61 Å². The van der Waals surface area contributed by atoms with E-state index in [2.05, 4.69) is 15.7 Å². The second-order valence-corrected chi connectivity index (χ2v) is 6.07. The number of carbonyl (C=O) groups is 2. The summed E-state index contributed by atoms with van der Waals surface area (Å²) in [7, 11) is 1.87. The number of hydrogen-bond acceptors (Lipinski definition) is 4. The summed E-state index contributed by atoms with van der Waals surface area (Å²) in [4.78, 5) is 24.2. The lowest BCUT2D eigenvalue weighted by Gasteiger charge is -2.19. The molecule has 0 radical (unpaired) electrons. The fourth-order valence-corrected chi connectivity index (χ4v) is 2.78. The van der Waals surface area contributed by atoms with Gasteiger partial charge in [-0.25, -0.2) is 4.79 Å². The van der Waals surface area contributed by atoms with E-state index in [0.29, 0.717) is 13.2 Å². The van der Waals surface area contributed by atoms with Crippen LogP contribution < -0.4 is 10.6 Å². The summed E-state index contributed by atoms with van der Waals surface area (Å²) in [5, 5.41) is 10.0. The maximum atomic E-state index is 12.4. The number of hydrogen-bond donors (Lipinski definition) is 2. The van der Waals surface area contributed by atoms with Crippen LogP contribution in [0.1, 0.15) is 41.9 Å². The Balaban J connectivity index is 2.02. The molecule has 140 valence electrons. The van der Waals surface area contributed by atoms with E-state index in [1.807, 2.05) is 51.2 Å². The molecule has 2 aromatic rings. The van der Waals surface area contributed by atoms with Gasteiger partial charge in [-0.1, -0.05) is 30.3 Å². The highest BCUT2D eigenvalue weighted by atomic mass is 16.5. The predicted octanol–water partition coefficient (Wildman–Crippen LogP) is 2.53. The third-order valence-electron chi connectivity index (χ3n) is 4.27. The maximum absolute atomic E-state index is 12.4. The summed E-state index contributed by atoms with van der Waals surface area (Å²) in [6.07, 6.45) is 0.0796. The van der Waals surface area contributed by atoms with Gasteiger partial charge in [-0.3, -0.25) is 9.48 Å². The highest BCUT2D eigenvalue weighted by Crippen LogP contribution is 2.17. The molecule has 1 aromatic heterocycles. The summed E-state index contributed by atoms with van der Waals surface area (Å²) in [5.74, 6) is -0.347. The summed E-state index contributed by atoms with van der Waals surface area (Å²) < 4.78 is 6.81. The van der Waals surface area contributed by atoms with Crippen molar-refractivity contribution in [3.05, 3.63) is 52.8 Å². The zero-order chi connectivity index (χ0) is 19.1. The van der Waals surface area contributed by atoms with Crippen LogP contribution in [0.15, 0.2) is 30.3 Å². The van der Waals surface area contributed by atoms with Crippen molar-refractivity contribution < 1.29 is 14.3 Å².